The molecule has 0 saturated carbocycles. The number of hydrogen-bond donors (Lipinski definition) is 1. The molecule has 0 saturated heterocycles. The zero-order valence-electron chi connectivity index (χ0n) is 7.58. The van der Waals surface area contributed by atoms with Crippen LogP contribution in [0.5, 0.6) is 0 Å². The van der Waals surface area contributed by atoms with Gasteiger partial charge in [-0.05, 0) is 6.42 Å². The van der Waals surface area contributed by atoms with Crippen LogP contribution >= 0.6 is 0 Å². The largest absolute Gasteiger partial charge is 0.483 e. The van der Waals surface area contributed by atoms with E-state index in [1.165, 1.54) is 7.11 Å². The topological polar surface area (TPSA) is 63.6 Å². The molecule has 0 aliphatic heterocycles. The Morgan fingerprint density at radius 2 is 2.00 bits per heavy atom. The Kier molecular flexibility index (Phi) is 14.2. The Labute approximate surface area is 72.5 Å². The van der Waals surface area contributed by atoms with Crippen molar-refractivity contribution >= 4 is 12.4 Å². The zero-order valence-corrected chi connectivity index (χ0v) is 7.58. The van der Waals surface area contributed by atoms with Crippen LogP contribution in [-0.4, -0.2) is 24.7 Å². The number of rotatable bonds is 4. The summed E-state index contributed by atoms with van der Waals surface area (Å²) in [4.78, 5) is 18.8. The fourth-order valence-corrected chi connectivity index (χ4v) is 0.621. The van der Waals surface area contributed by atoms with Crippen molar-refractivity contribution in [2.75, 3.05) is 7.11 Å². The van der Waals surface area contributed by atoms with Gasteiger partial charge >= 0.3 is 5.97 Å². The zero-order chi connectivity index (χ0) is 9.82. The summed E-state index contributed by atoms with van der Waals surface area (Å²) < 4.78 is 4.46. The number of ether oxygens (including phenoxy) is 1. The summed E-state index contributed by atoms with van der Waals surface area (Å²) in [5, 5.41) is 6.89. The van der Waals surface area contributed by atoms with E-state index in [2.05, 4.69) is 11.7 Å². The van der Waals surface area contributed by atoms with Gasteiger partial charge in [-0.3, -0.25) is 9.59 Å². The van der Waals surface area contributed by atoms with Crippen molar-refractivity contribution in [3.05, 3.63) is 0 Å². The fraction of sp³-hybridized carbons (Fsp3) is 0.750. The van der Waals surface area contributed by atoms with Crippen molar-refractivity contribution < 1.29 is 19.4 Å². The Morgan fingerprint density at radius 1 is 1.50 bits per heavy atom. The normalized spacial score (nSPS) is 7.83. The van der Waals surface area contributed by atoms with Crippen molar-refractivity contribution in [2.24, 2.45) is 0 Å². The van der Waals surface area contributed by atoms with Gasteiger partial charge in [0.1, 0.15) is 0 Å². The lowest BCUT2D eigenvalue weighted by atomic mass is 10.2. The van der Waals surface area contributed by atoms with Crippen LogP contribution in [0.4, 0.5) is 0 Å². The molecule has 12 heavy (non-hydrogen) atoms. The highest BCUT2D eigenvalue weighted by Gasteiger charge is 1.96. The van der Waals surface area contributed by atoms with Crippen molar-refractivity contribution in [1.82, 2.24) is 0 Å². The van der Waals surface area contributed by atoms with E-state index in [9.17, 15) is 4.79 Å². The van der Waals surface area contributed by atoms with E-state index in [0.29, 0.717) is 6.42 Å². The molecule has 0 radical (unpaired) electrons. The molecule has 0 spiro atoms. The predicted molar refractivity (Wildman–Crippen MR) is 44.9 cm³/mol. The summed E-state index contributed by atoms with van der Waals surface area (Å²) in [5.74, 6) is -0.0940. The molecule has 0 heterocycles. The number of esters is 1. The van der Waals surface area contributed by atoms with Crippen LogP contribution < -0.4 is 0 Å². The maximum atomic E-state index is 10.5. The van der Waals surface area contributed by atoms with E-state index >= 15 is 0 Å². The lowest BCUT2D eigenvalue weighted by Gasteiger charge is -1.95. The van der Waals surface area contributed by atoms with Crippen LogP contribution in [0.1, 0.15) is 32.6 Å². The van der Waals surface area contributed by atoms with Crippen LogP contribution in [0.15, 0.2) is 0 Å². The highest BCUT2D eigenvalue weighted by Crippen LogP contribution is 1.98. The third kappa shape index (κ3) is 16.0. The summed E-state index contributed by atoms with van der Waals surface area (Å²) in [5.41, 5.74) is 0. The Hall–Kier alpha value is -1.06. The molecule has 0 unspecified atom stereocenters. The standard InChI is InChI=1S/C7H14O2.CH2O2/c1-3-4-5-6-7(8)9-2;2-1-3/h3-6H2,1-2H3;1H,(H,2,3). The predicted octanol–water partition coefficient (Wildman–Crippen LogP) is 1.44. The maximum Gasteiger partial charge on any atom is 0.305 e. The molecule has 0 rings (SSSR count). The molecule has 72 valence electrons. The first-order chi connectivity index (χ1) is 5.72. The van der Waals surface area contributed by atoms with E-state index in [1.54, 1.807) is 0 Å². The monoisotopic (exact) mass is 176 g/mol. The van der Waals surface area contributed by atoms with Gasteiger partial charge in [0.15, 0.2) is 0 Å². The van der Waals surface area contributed by atoms with E-state index < -0.39 is 0 Å². The van der Waals surface area contributed by atoms with Gasteiger partial charge in [0.2, 0.25) is 0 Å². The summed E-state index contributed by atoms with van der Waals surface area (Å²) >= 11 is 0. The third-order valence-electron chi connectivity index (χ3n) is 1.21. The molecular weight excluding hydrogens is 160 g/mol. The first kappa shape index (κ1) is 13.5. The van der Waals surface area contributed by atoms with Gasteiger partial charge in [0.25, 0.3) is 6.47 Å². The van der Waals surface area contributed by atoms with Gasteiger partial charge in [-0.25, -0.2) is 0 Å². The minimum absolute atomic E-state index is 0.0940. The second kappa shape index (κ2) is 12.6. The van der Waals surface area contributed by atoms with Crippen molar-refractivity contribution in [1.29, 1.82) is 0 Å². The molecule has 0 atom stereocenters. The average molecular weight is 176 g/mol. The quantitative estimate of drug-likeness (QED) is 0.400. The molecule has 0 aromatic rings. The average Bonchev–Trinajstić information content (AvgIpc) is 2.06. The van der Waals surface area contributed by atoms with Crippen molar-refractivity contribution in [2.45, 2.75) is 32.6 Å². The molecule has 0 amide bonds. The van der Waals surface area contributed by atoms with Gasteiger partial charge in [-0.15, -0.1) is 0 Å². The molecule has 4 nitrogen and oxygen atoms in total. The van der Waals surface area contributed by atoms with Gasteiger partial charge in [-0.1, -0.05) is 19.8 Å². The van der Waals surface area contributed by atoms with Crippen molar-refractivity contribution in [3.8, 4) is 0 Å². The van der Waals surface area contributed by atoms with E-state index in [0.717, 1.165) is 19.3 Å². The molecule has 4 heteroatoms. The van der Waals surface area contributed by atoms with Crippen LogP contribution in [0, 0.1) is 0 Å². The third-order valence-corrected chi connectivity index (χ3v) is 1.21. The molecule has 0 aliphatic rings. The first-order valence-corrected chi connectivity index (χ1v) is 3.87. The number of carbonyl (C=O) groups excluding carboxylic acids is 1. The minimum atomic E-state index is -0.250. The molecule has 0 aromatic carbocycles. The number of hydrogen-bond acceptors (Lipinski definition) is 3. The van der Waals surface area contributed by atoms with Crippen LogP contribution in [0.3, 0.4) is 0 Å². The molecular formula is C8H16O4. The Morgan fingerprint density at radius 3 is 2.33 bits per heavy atom. The lowest BCUT2D eigenvalue weighted by Crippen LogP contribution is -1.98. The highest BCUT2D eigenvalue weighted by atomic mass is 16.5. The van der Waals surface area contributed by atoms with E-state index in [-0.39, 0.29) is 12.4 Å². The van der Waals surface area contributed by atoms with Crippen LogP contribution in [-0.2, 0) is 14.3 Å². The maximum absolute atomic E-state index is 10.5. The molecule has 1 N–H and O–H groups in total. The van der Waals surface area contributed by atoms with Crippen molar-refractivity contribution in [3.63, 3.8) is 0 Å². The summed E-state index contributed by atoms with van der Waals surface area (Å²) in [6, 6.07) is 0. The summed E-state index contributed by atoms with van der Waals surface area (Å²) in [6.45, 7) is 1.86. The molecule has 0 aliphatic carbocycles. The van der Waals surface area contributed by atoms with Gasteiger partial charge < -0.3 is 9.84 Å². The van der Waals surface area contributed by atoms with E-state index in [4.69, 9.17) is 9.90 Å². The Bertz CT molecular complexity index is 112. The Balaban J connectivity index is 0. The van der Waals surface area contributed by atoms with Gasteiger partial charge in [0.05, 0.1) is 7.11 Å². The van der Waals surface area contributed by atoms with Gasteiger partial charge in [-0.2, -0.15) is 0 Å². The summed E-state index contributed by atoms with van der Waals surface area (Å²) in [7, 11) is 1.42. The van der Waals surface area contributed by atoms with Crippen LogP contribution in [0.25, 0.3) is 0 Å². The second-order valence-corrected chi connectivity index (χ2v) is 2.14. The minimum Gasteiger partial charge on any atom is -0.483 e. The molecule has 0 bridgehead atoms. The highest BCUT2D eigenvalue weighted by molar-refractivity contribution is 5.68. The van der Waals surface area contributed by atoms with Gasteiger partial charge in [0, 0.05) is 6.42 Å². The molecule has 0 aromatic heterocycles. The lowest BCUT2D eigenvalue weighted by molar-refractivity contribution is -0.140. The fourth-order valence-electron chi connectivity index (χ4n) is 0.621. The van der Waals surface area contributed by atoms with Crippen LogP contribution in [0.2, 0.25) is 0 Å². The second-order valence-electron chi connectivity index (χ2n) is 2.14. The smallest absolute Gasteiger partial charge is 0.305 e. The number of carboxylic acid groups (broad SMARTS) is 1. The molecule has 0 fully saturated rings. The number of carbonyl (C=O) groups is 2. The SMILES string of the molecule is CCCCCC(=O)OC.O=CO. The van der Waals surface area contributed by atoms with E-state index in [1.807, 2.05) is 0 Å². The number of methoxy groups -OCH3 is 1. The summed E-state index contributed by atoms with van der Waals surface area (Å²) in [6.07, 6.45) is 3.81. The number of unbranched alkanes of at least 4 members (excludes halogenated alkanes) is 2. The first-order valence-electron chi connectivity index (χ1n) is 3.87.